The van der Waals surface area contributed by atoms with Crippen LogP contribution in [-0.2, 0) is 28.6 Å². The van der Waals surface area contributed by atoms with E-state index in [4.69, 9.17) is 14.2 Å². The summed E-state index contributed by atoms with van der Waals surface area (Å²) in [6.45, 7) is 6.41. The molecule has 0 aromatic rings. The van der Waals surface area contributed by atoms with Gasteiger partial charge in [-0.25, -0.2) is 0 Å². The van der Waals surface area contributed by atoms with Gasteiger partial charge >= 0.3 is 17.9 Å². The molecule has 0 saturated carbocycles. The fraction of sp³-hybridized carbons (Fsp3) is 0.729. The highest BCUT2D eigenvalue weighted by Crippen LogP contribution is 2.13. The molecular weight excluding hydrogens is 673 g/mol. The van der Waals surface area contributed by atoms with Crippen LogP contribution in [0.15, 0.2) is 60.8 Å². The monoisotopic (exact) mass is 755 g/mol. The van der Waals surface area contributed by atoms with Crippen molar-refractivity contribution in [1.29, 1.82) is 0 Å². The van der Waals surface area contributed by atoms with Crippen LogP contribution < -0.4 is 0 Å². The molecule has 0 fully saturated rings. The molecule has 0 radical (unpaired) electrons. The van der Waals surface area contributed by atoms with Crippen molar-refractivity contribution in [1.82, 2.24) is 0 Å². The van der Waals surface area contributed by atoms with Gasteiger partial charge in [-0.2, -0.15) is 0 Å². The lowest BCUT2D eigenvalue weighted by Gasteiger charge is -2.18. The fourth-order valence-corrected chi connectivity index (χ4v) is 5.92. The summed E-state index contributed by atoms with van der Waals surface area (Å²) in [6, 6.07) is 0. The predicted molar refractivity (Wildman–Crippen MR) is 228 cm³/mol. The zero-order chi connectivity index (χ0) is 39.4. The van der Waals surface area contributed by atoms with Crippen LogP contribution in [0, 0.1) is 0 Å². The van der Waals surface area contributed by atoms with Crippen LogP contribution in [0.2, 0.25) is 0 Å². The third kappa shape index (κ3) is 40.3. The molecule has 0 bridgehead atoms. The molecule has 0 amide bonds. The third-order valence-electron chi connectivity index (χ3n) is 9.28. The van der Waals surface area contributed by atoms with Crippen molar-refractivity contribution < 1.29 is 28.6 Å². The van der Waals surface area contributed by atoms with E-state index in [9.17, 15) is 14.4 Å². The van der Waals surface area contributed by atoms with E-state index in [2.05, 4.69) is 81.5 Å². The summed E-state index contributed by atoms with van der Waals surface area (Å²) < 4.78 is 16.6. The van der Waals surface area contributed by atoms with E-state index in [1.165, 1.54) is 83.5 Å². The van der Waals surface area contributed by atoms with Gasteiger partial charge in [-0.05, 0) is 77.0 Å². The van der Waals surface area contributed by atoms with E-state index in [-0.39, 0.29) is 37.5 Å². The van der Waals surface area contributed by atoms with E-state index in [1.807, 2.05) is 0 Å². The molecule has 54 heavy (non-hydrogen) atoms. The Morgan fingerprint density at radius 2 is 0.778 bits per heavy atom. The topological polar surface area (TPSA) is 78.9 Å². The Morgan fingerprint density at radius 3 is 1.31 bits per heavy atom. The molecule has 0 aromatic heterocycles. The number of rotatable bonds is 39. The Morgan fingerprint density at radius 1 is 0.407 bits per heavy atom. The molecule has 0 rings (SSSR count). The lowest BCUT2D eigenvalue weighted by atomic mass is 10.1. The Balaban J connectivity index is 4.43. The summed E-state index contributed by atoms with van der Waals surface area (Å²) in [5.41, 5.74) is 0. The van der Waals surface area contributed by atoms with Gasteiger partial charge in [-0.3, -0.25) is 14.4 Å². The number of unbranched alkanes of at least 4 members (excludes halogenated alkanes) is 19. The number of hydrogen-bond donors (Lipinski definition) is 0. The van der Waals surface area contributed by atoms with Crippen molar-refractivity contribution in [2.75, 3.05) is 13.2 Å². The van der Waals surface area contributed by atoms with Crippen molar-refractivity contribution in [2.45, 2.75) is 213 Å². The SMILES string of the molecule is CC/C=C\C/C=C\C/C=C\CCCCC(=O)OC(COC(=O)CCCCCCCC/C=C\C=C/CCCCC)COC(=O)CCCCCCCCCCC. The second-order valence-corrected chi connectivity index (χ2v) is 14.6. The van der Waals surface area contributed by atoms with Gasteiger partial charge in [0.05, 0.1) is 0 Å². The van der Waals surface area contributed by atoms with Crippen LogP contribution in [0.3, 0.4) is 0 Å². The minimum Gasteiger partial charge on any atom is -0.462 e. The van der Waals surface area contributed by atoms with E-state index >= 15 is 0 Å². The maximum Gasteiger partial charge on any atom is 0.306 e. The van der Waals surface area contributed by atoms with Crippen molar-refractivity contribution in [3.63, 3.8) is 0 Å². The minimum absolute atomic E-state index is 0.0930. The number of allylic oxidation sites excluding steroid dienone is 10. The first-order valence-electron chi connectivity index (χ1n) is 22.3. The summed E-state index contributed by atoms with van der Waals surface area (Å²) in [5.74, 6) is -0.952. The molecule has 0 spiro atoms. The zero-order valence-electron chi connectivity index (χ0n) is 35.2. The van der Waals surface area contributed by atoms with Crippen molar-refractivity contribution in [3.05, 3.63) is 60.8 Å². The first-order chi connectivity index (χ1) is 26.5. The largest absolute Gasteiger partial charge is 0.462 e. The lowest BCUT2D eigenvalue weighted by molar-refractivity contribution is -0.167. The molecule has 0 aliphatic carbocycles. The van der Waals surface area contributed by atoms with Gasteiger partial charge in [0.25, 0.3) is 0 Å². The number of ether oxygens (including phenoxy) is 3. The summed E-state index contributed by atoms with van der Waals surface area (Å²) >= 11 is 0. The molecule has 0 saturated heterocycles. The van der Waals surface area contributed by atoms with Crippen LogP contribution in [-0.4, -0.2) is 37.2 Å². The molecule has 0 aliphatic heterocycles. The van der Waals surface area contributed by atoms with E-state index in [1.54, 1.807) is 0 Å². The molecule has 1 unspecified atom stereocenters. The lowest BCUT2D eigenvalue weighted by Crippen LogP contribution is -2.30. The third-order valence-corrected chi connectivity index (χ3v) is 9.28. The smallest absolute Gasteiger partial charge is 0.306 e. The predicted octanol–water partition coefficient (Wildman–Crippen LogP) is 14.1. The average molecular weight is 755 g/mol. The van der Waals surface area contributed by atoms with Gasteiger partial charge in [0.15, 0.2) is 6.10 Å². The number of esters is 3. The minimum atomic E-state index is -0.794. The first-order valence-corrected chi connectivity index (χ1v) is 22.3. The Hall–Kier alpha value is -2.89. The second-order valence-electron chi connectivity index (χ2n) is 14.6. The molecule has 6 nitrogen and oxygen atoms in total. The normalized spacial score (nSPS) is 12.6. The Labute approximate surface area is 332 Å². The maximum atomic E-state index is 12.7. The quantitative estimate of drug-likeness (QED) is 0.0204. The molecule has 0 aromatic carbocycles. The summed E-state index contributed by atoms with van der Waals surface area (Å²) in [7, 11) is 0. The summed E-state index contributed by atoms with van der Waals surface area (Å²) in [5, 5.41) is 0. The standard InChI is InChI=1S/C48H82O6/c1-4-7-10-13-16-19-21-23-24-25-27-29-32-35-38-41-47(50)53-44-45(43-52-46(49)40-37-34-31-28-18-15-12-9-6-3)54-48(51)42-39-36-33-30-26-22-20-17-14-11-8-5-2/h8,11,16-17,19-21,23,26,30,45H,4-7,9-10,12-15,18,22,24-25,27-29,31-44H2,1-3H3/b11-8-,19-16-,20-17-,23-21-,30-26-. The molecule has 310 valence electrons. The van der Waals surface area contributed by atoms with Gasteiger partial charge < -0.3 is 14.2 Å². The van der Waals surface area contributed by atoms with E-state index in [0.717, 1.165) is 77.0 Å². The Bertz CT molecular complexity index is 1010. The summed E-state index contributed by atoms with van der Waals surface area (Å²) in [4.78, 5) is 37.6. The molecular formula is C48H82O6. The molecule has 6 heteroatoms. The molecule has 0 N–H and O–H groups in total. The summed E-state index contributed by atoms with van der Waals surface area (Å²) in [6.07, 6.45) is 50.6. The fourth-order valence-electron chi connectivity index (χ4n) is 5.92. The number of carbonyl (C=O) groups is 3. The van der Waals surface area contributed by atoms with Crippen LogP contribution in [0.25, 0.3) is 0 Å². The first kappa shape index (κ1) is 51.1. The van der Waals surface area contributed by atoms with Crippen molar-refractivity contribution >= 4 is 17.9 Å². The maximum absolute atomic E-state index is 12.7. The molecule has 0 heterocycles. The van der Waals surface area contributed by atoms with Crippen LogP contribution >= 0.6 is 0 Å². The van der Waals surface area contributed by atoms with Gasteiger partial charge in [-0.1, -0.05) is 171 Å². The van der Waals surface area contributed by atoms with Crippen molar-refractivity contribution in [2.24, 2.45) is 0 Å². The molecule has 1 atom stereocenters. The molecule has 0 aliphatic rings. The average Bonchev–Trinajstić information content (AvgIpc) is 3.17. The highest BCUT2D eigenvalue weighted by molar-refractivity contribution is 5.71. The van der Waals surface area contributed by atoms with E-state index in [0.29, 0.717) is 19.3 Å². The van der Waals surface area contributed by atoms with Gasteiger partial charge in [-0.15, -0.1) is 0 Å². The van der Waals surface area contributed by atoms with Crippen LogP contribution in [0.4, 0.5) is 0 Å². The van der Waals surface area contributed by atoms with Gasteiger partial charge in [0, 0.05) is 19.3 Å². The second kappa shape index (κ2) is 42.8. The highest BCUT2D eigenvalue weighted by Gasteiger charge is 2.19. The van der Waals surface area contributed by atoms with Crippen LogP contribution in [0.1, 0.15) is 207 Å². The number of carbonyl (C=O) groups excluding carboxylic acids is 3. The van der Waals surface area contributed by atoms with Crippen molar-refractivity contribution in [3.8, 4) is 0 Å². The van der Waals surface area contributed by atoms with E-state index < -0.39 is 6.10 Å². The number of hydrogen-bond acceptors (Lipinski definition) is 6. The Kier molecular flexibility index (Phi) is 40.6. The van der Waals surface area contributed by atoms with Crippen LogP contribution in [0.5, 0.6) is 0 Å². The van der Waals surface area contributed by atoms with Gasteiger partial charge in [0.1, 0.15) is 13.2 Å². The zero-order valence-corrected chi connectivity index (χ0v) is 35.2. The van der Waals surface area contributed by atoms with Gasteiger partial charge in [0.2, 0.25) is 0 Å². The highest BCUT2D eigenvalue weighted by atomic mass is 16.6.